The molecule has 2 amide bonds. The van der Waals surface area contributed by atoms with E-state index in [4.69, 9.17) is 5.11 Å². The predicted molar refractivity (Wildman–Crippen MR) is 90.9 cm³/mol. The Morgan fingerprint density at radius 2 is 2.09 bits per heavy atom. The van der Waals surface area contributed by atoms with Crippen molar-refractivity contribution >= 4 is 11.7 Å². The number of nitrogens with one attached hydrogen (secondary N) is 2. The van der Waals surface area contributed by atoms with Crippen LogP contribution in [0, 0.1) is 6.92 Å². The van der Waals surface area contributed by atoms with Crippen LogP contribution in [0.25, 0.3) is 5.69 Å². The van der Waals surface area contributed by atoms with E-state index >= 15 is 0 Å². The first-order chi connectivity index (χ1) is 11.0. The number of carbonyl (C=O) groups excluding carboxylic acids is 1. The number of hydrogen-bond donors (Lipinski definition) is 3. The molecule has 1 heterocycles. The van der Waals surface area contributed by atoms with Crippen molar-refractivity contribution in [1.29, 1.82) is 0 Å². The highest BCUT2D eigenvalue weighted by molar-refractivity contribution is 5.91. The third-order valence-electron chi connectivity index (χ3n) is 3.98. The van der Waals surface area contributed by atoms with Gasteiger partial charge >= 0.3 is 6.03 Å². The fourth-order valence-corrected chi connectivity index (χ4v) is 2.33. The first-order valence-corrected chi connectivity index (χ1v) is 7.79. The van der Waals surface area contributed by atoms with Crippen LogP contribution in [0.1, 0.15) is 32.4 Å². The number of rotatable bonds is 6. The van der Waals surface area contributed by atoms with Gasteiger partial charge in [0.15, 0.2) is 0 Å². The summed E-state index contributed by atoms with van der Waals surface area (Å²) in [5.41, 5.74) is 1.95. The van der Waals surface area contributed by atoms with Crippen molar-refractivity contribution in [3.63, 3.8) is 0 Å². The van der Waals surface area contributed by atoms with Crippen molar-refractivity contribution < 1.29 is 9.90 Å². The number of aliphatic hydroxyl groups excluding tert-OH is 1. The molecule has 1 unspecified atom stereocenters. The standard InChI is InChI=1S/C17H24N4O2/c1-4-17(3,10-12-22)19-16(23)18-14-7-5-6-8-15(14)21-11-9-13(2)20-21/h5-9,11,22H,4,10,12H2,1-3H3,(H2,18,19,23). The molecule has 1 aromatic heterocycles. The van der Waals surface area contributed by atoms with Gasteiger partial charge in [0, 0.05) is 18.3 Å². The van der Waals surface area contributed by atoms with Gasteiger partial charge < -0.3 is 15.7 Å². The third kappa shape index (κ3) is 4.32. The van der Waals surface area contributed by atoms with Gasteiger partial charge in [-0.3, -0.25) is 0 Å². The lowest BCUT2D eigenvalue weighted by Gasteiger charge is -2.29. The molecule has 1 atom stereocenters. The molecule has 0 spiro atoms. The molecule has 0 saturated heterocycles. The Hall–Kier alpha value is -2.34. The molecule has 1 aromatic carbocycles. The van der Waals surface area contributed by atoms with Crippen LogP contribution in [0.2, 0.25) is 0 Å². The summed E-state index contributed by atoms with van der Waals surface area (Å²) >= 11 is 0. The number of urea groups is 1. The highest BCUT2D eigenvalue weighted by Gasteiger charge is 2.24. The molecule has 2 rings (SSSR count). The van der Waals surface area contributed by atoms with Gasteiger partial charge in [0.05, 0.1) is 17.1 Å². The van der Waals surface area contributed by atoms with Crippen molar-refractivity contribution in [2.24, 2.45) is 0 Å². The molecule has 0 aliphatic carbocycles. The van der Waals surface area contributed by atoms with E-state index in [2.05, 4.69) is 15.7 Å². The van der Waals surface area contributed by atoms with Crippen LogP contribution in [0.4, 0.5) is 10.5 Å². The zero-order valence-corrected chi connectivity index (χ0v) is 13.8. The third-order valence-corrected chi connectivity index (χ3v) is 3.98. The maximum atomic E-state index is 12.3. The molecule has 0 fully saturated rings. The zero-order chi connectivity index (χ0) is 16.9. The average molecular weight is 316 g/mol. The van der Waals surface area contributed by atoms with Gasteiger partial charge in [-0.15, -0.1) is 0 Å². The molecular formula is C17H24N4O2. The summed E-state index contributed by atoms with van der Waals surface area (Å²) in [6.07, 6.45) is 3.10. The van der Waals surface area contributed by atoms with Gasteiger partial charge in [0.2, 0.25) is 0 Å². The lowest BCUT2D eigenvalue weighted by molar-refractivity contribution is 0.208. The lowest BCUT2D eigenvalue weighted by Crippen LogP contribution is -2.48. The van der Waals surface area contributed by atoms with Crippen LogP contribution in [-0.2, 0) is 0 Å². The van der Waals surface area contributed by atoms with E-state index in [0.717, 1.165) is 17.8 Å². The molecule has 3 N–H and O–H groups in total. The molecule has 0 radical (unpaired) electrons. The van der Waals surface area contributed by atoms with Gasteiger partial charge in [-0.1, -0.05) is 19.1 Å². The fourth-order valence-electron chi connectivity index (χ4n) is 2.33. The number of carbonyl (C=O) groups is 1. The molecule has 0 aliphatic heterocycles. The number of anilines is 1. The van der Waals surface area contributed by atoms with E-state index in [1.165, 1.54) is 0 Å². The average Bonchev–Trinajstić information content (AvgIpc) is 2.94. The molecule has 0 aliphatic rings. The number of aryl methyl sites for hydroxylation is 1. The number of aromatic nitrogens is 2. The summed E-state index contributed by atoms with van der Waals surface area (Å²) in [5, 5.41) is 19.3. The molecule has 23 heavy (non-hydrogen) atoms. The SMILES string of the molecule is CCC(C)(CCO)NC(=O)Nc1ccccc1-n1ccc(C)n1. The molecular weight excluding hydrogens is 292 g/mol. The summed E-state index contributed by atoms with van der Waals surface area (Å²) in [6.45, 7) is 5.86. The lowest BCUT2D eigenvalue weighted by atomic mass is 9.95. The Morgan fingerprint density at radius 1 is 1.35 bits per heavy atom. The summed E-state index contributed by atoms with van der Waals surface area (Å²) in [6, 6.07) is 9.11. The summed E-state index contributed by atoms with van der Waals surface area (Å²) in [5.74, 6) is 0. The summed E-state index contributed by atoms with van der Waals surface area (Å²) in [4.78, 5) is 12.3. The topological polar surface area (TPSA) is 79.2 Å². The first kappa shape index (κ1) is 17.0. The molecule has 0 saturated carbocycles. The minimum absolute atomic E-state index is 0.0355. The van der Waals surface area contributed by atoms with Gasteiger partial charge in [0.1, 0.15) is 0 Å². The van der Waals surface area contributed by atoms with E-state index in [-0.39, 0.29) is 12.6 Å². The quantitative estimate of drug-likeness (QED) is 0.766. The maximum Gasteiger partial charge on any atom is 0.319 e. The number of amides is 2. The highest BCUT2D eigenvalue weighted by Crippen LogP contribution is 2.20. The molecule has 0 bridgehead atoms. The van der Waals surface area contributed by atoms with E-state index in [9.17, 15) is 4.79 Å². The predicted octanol–water partition coefficient (Wildman–Crippen LogP) is 2.85. The Morgan fingerprint density at radius 3 is 2.70 bits per heavy atom. The van der Waals surface area contributed by atoms with Gasteiger partial charge in [-0.25, -0.2) is 9.48 Å². The van der Waals surface area contributed by atoms with E-state index in [0.29, 0.717) is 12.1 Å². The molecule has 124 valence electrons. The van der Waals surface area contributed by atoms with Gasteiger partial charge in [-0.2, -0.15) is 5.10 Å². The van der Waals surface area contributed by atoms with Crippen molar-refractivity contribution in [2.75, 3.05) is 11.9 Å². The minimum atomic E-state index is -0.434. The van der Waals surface area contributed by atoms with Crippen LogP contribution in [0.15, 0.2) is 36.5 Å². The van der Waals surface area contributed by atoms with Crippen LogP contribution in [0.3, 0.4) is 0 Å². The smallest absolute Gasteiger partial charge is 0.319 e. The zero-order valence-electron chi connectivity index (χ0n) is 13.8. The van der Waals surface area contributed by atoms with Gasteiger partial charge in [-0.05, 0) is 44.9 Å². The molecule has 6 heteroatoms. The van der Waals surface area contributed by atoms with E-state index in [1.54, 1.807) is 4.68 Å². The number of aliphatic hydroxyl groups is 1. The number of nitrogens with zero attached hydrogens (tertiary/aromatic N) is 2. The van der Waals surface area contributed by atoms with Crippen molar-refractivity contribution in [2.45, 2.75) is 39.2 Å². The van der Waals surface area contributed by atoms with Crippen LogP contribution in [0.5, 0.6) is 0 Å². The fraction of sp³-hybridized carbons (Fsp3) is 0.412. The Kier molecular flexibility index (Phi) is 5.39. The van der Waals surface area contributed by atoms with Crippen LogP contribution >= 0.6 is 0 Å². The minimum Gasteiger partial charge on any atom is -0.396 e. The number of benzene rings is 1. The Bertz CT molecular complexity index is 668. The van der Waals surface area contributed by atoms with Gasteiger partial charge in [0.25, 0.3) is 0 Å². The van der Waals surface area contributed by atoms with Crippen molar-refractivity contribution in [3.05, 3.63) is 42.2 Å². The molecule has 6 nitrogen and oxygen atoms in total. The second kappa shape index (κ2) is 7.28. The van der Waals surface area contributed by atoms with Crippen molar-refractivity contribution in [3.8, 4) is 5.69 Å². The van der Waals surface area contributed by atoms with E-state index < -0.39 is 5.54 Å². The first-order valence-electron chi connectivity index (χ1n) is 7.79. The van der Waals surface area contributed by atoms with Crippen LogP contribution < -0.4 is 10.6 Å². The Balaban J connectivity index is 2.16. The van der Waals surface area contributed by atoms with E-state index in [1.807, 2.05) is 57.3 Å². The number of hydrogen-bond acceptors (Lipinski definition) is 3. The number of para-hydroxylation sites is 2. The largest absolute Gasteiger partial charge is 0.396 e. The Labute approximate surface area is 136 Å². The second-order valence-electron chi connectivity index (χ2n) is 5.89. The highest BCUT2D eigenvalue weighted by atomic mass is 16.3. The normalized spacial score (nSPS) is 13.4. The summed E-state index contributed by atoms with van der Waals surface area (Å²) in [7, 11) is 0. The maximum absolute atomic E-state index is 12.3. The molecule has 2 aromatic rings. The monoisotopic (exact) mass is 316 g/mol. The summed E-state index contributed by atoms with van der Waals surface area (Å²) < 4.78 is 1.73. The second-order valence-corrected chi connectivity index (χ2v) is 5.89. The van der Waals surface area contributed by atoms with Crippen LogP contribution in [-0.4, -0.2) is 33.1 Å². The van der Waals surface area contributed by atoms with Crippen molar-refractivity contribution in [1.82, 2.24) is 15.1 Å².